The monoisotopic (exact) mass is 622 g/mol. The van der Waals surface area contributed by atoms with Crippen LogP contribution in [0.15, 0.2) is 57.6 Å². The zero-order valence-corrected chi connectivity index (χ0v) is 23.0. The molecular weight excluding hydrogens is 598 g/mol. The quantitative estimate of drug-likeness (QED) is 0.241. The summed E-state index contributed by atoms with van der Waals surface area (Å²) in [6, 6.07) is 12.9. The van der Waals surface area contributed by atoms with E-state index in [0.29, 0.717) is 17.7 Å². The van der Waals surface area contributed by atoms with Crippen LogP contribution in [0.2, 0.25) is 0 Å². The number of rotatable bonds is 5. The van der Waals surface area contributed by atoms with Crippen LogP contribution in [0.4, 0.5) is 31.1 Å². The van der Waals surface area contributed by atoms with E-state index < -0.39 is 35.8 Å². The van der Waals surface area contributed by atoms with Crippen molar-refractivity contribution in [3.05, 3.63) is 71.4 Å². The van der Waals surface area contributed by atoms with Crippen LogP contribution in [0.3, 0.4) is 0 Å². The van der Waals surface area contributed by atoms with Crippen LogP contribution in [0, 0.1) is 0 Å². The average molecular weight is 623 g/mol. The molecule has 17 heteroatoms. The van der Waals surface area contributed by atoms with Gasteiger partial charge in [-0.1, -0.05) is 58.8 Å². The summed E-state index contributed by atoms with van der Waals surface area (Å²) in [6.07, 6.45) is -9.86. The van der Waals surface area contributed by atoms with Crippen LogP contribution in [-0.4, -0.2) is 32.0 Å². The molecule has 1 amide bonds. The van der Waals surface area contributed by atoms with Crippen molar-refractivity contribution in [2.75, 3.05) is 0 Å². The lowest BCUT2D eigenvalue weighted by atomic mass is 10.1. The smallest absolute Gasteiger partial charge is 0.444 e. The molecule has 0 aliphatic rings. The summed E-state index contributed by atoms with van der Waals surface area (Å²) in [5, 5.41) is 9.15. The van der Waals surface area contributed by atoms with Crippen molar-refractivity contribution in [2.24, 2.45) is 5.73 Å². The third kappa shape index (κ3) is 10.0. The molecule has 0 radical (unpaired) electrons. The van der Waals surface area contributed by atoms with Crippen LogP contribution < -0.4 is 11.1 Å². The minimum Gasteiger partial charge on any atom is -0.444 e. The zero-order chi connectivity index (χ0) is 30.4. The van der Waals surface area contributed by atoms with Crippen molar-refractivity contribution < 1.29 is 44.9 Å². The fraction of sp³-hybridized carbons (Fsp3) is 0.320. The SMILES string of the molecule is CC(C)(C)OC(=O)NCc1ccc(-c2noc(C(F)(F)F)n2)cc1.Cl.NCc1ccc(-c2noc(C(F)(F)F)n2)cc1. The minimum atomic E-state index is -4.68. The molecule has 228 valence electrons. The summed E-state index contributed by atoms with van der Waals surface area (Å²) in [5.74, 6) is -3.00. The van der Waals surface area contributed by atoms with Crippen molar-refractivity contribution in [2.45, 2.75) is 51.8 Å². The molecule has 0 aliphatic heterocycles. The lowest BCUT2D eigenvalue weighted by Gasteiger charge is -2.19. The molecule has 10 nitrogen and oxygen atoms in total. The Balaban J connectivity index is 0.000000302. The molecule has 4 rings (SSSR count). The summed E-state index contributed by atoms with van der Waals surface area (Å²) < 4.78 is 87.4. The number of alkyl halides is 6. The summed E-state index contributed by atoms with van der Waals surface area (Å²) in [7, 11) is 0. The summed E-state index contributed by atoms with van der Waals surface area (Å²) >= 11 is 0. The van der Waals surface area contributed by atoms with Crippen LogP contribution in [0.25, 0.3) is 22.8 Å². The number of alkyl carbamates (subject to hydrolysis) is 1. The van der Waals surface area contributed by atoms with Gasteiger partial charge in [-0.2, -0.15) is 36.3 Å². The Kier molecular flexibility index (Phi) is 11.1. The molecule has 0 aliphatic carbocycles. The maximum absolute atomic E-state index is 12.4. The average Bonchev–Trinajstić information content (AvgIpc) is 3.58. The molecule has 42 heavy (non-hydrogen) atoms. The van der Waals surface area contributed by atoms with Gasteiger partial charge in [-0.25, -0.2) is 4.79 Å². The highest BCUT2D eigenvalue weighted by molar-refractivity contribution is 5.85. The molecule has 0 atom stereocenters. The highest BCUT2D eigenvalue weighted by Gasteiger charge is 2.39. The Labute approximate surface area is 241 Å². The summed E-state index contributed by atoms with van der Waals surface area (Å²) in [6.45, 7) is 5.83. The van der Waals surface area contributed by atoms with E-state index in [4.69, 9.17) is 10.5 Å². The van der Waals surface area contributed by atoms with Crippen LogP contribution >= 0.6 is 12.4 Å². The Morgan fingerprint density at radius 3 is 1.52 bits per heavy atom. The molecule has 3 N–H and O–H groups in total. The van der Waals surface area contributed by atoms with Gasteiger partial charge >= 0.3 is 30.2 Å². The number of hydrogen-bond acceptors (Lipinski definition) is 9. The molecule has 0 bridgehead atoms. The lowest BCUT2D eigenvalue weighted by molar-refractivity contribution is -0.160. The third-order valence-corrected chi connectivity index (χ3v) is 4.83. The molecule has 0 unspecified atom stereocenters. The van der Waals surface area contributed by atoms with Gasteiger partial charge in [-0.05, 0) is 31.9 Å². The topological polar surface area (TPSA) is 142 Å². The highest BCUT2D eigenvalue weighted by Crippen LogP contribution is 2.30. The first-order valence-electron chi connectivity index (χ1n) is 11.7. The van der Waals surface area contributed by atoms with Crippen molar-refractivity contribution in [3.8, 4) is 22.8 Å². The van der Waals surface area contributed by atoms with Gasteiger partial charge in [0.2, 0.25) is 11.6 Å². The van der Waals surface area contributed by atoms with Gasteiger partial charge in [0.15, 0.2) is 0 Å². The second kappa shape index (κ2) is 13.7. The van der Waals surface area contributed by atoms with Crippen molar-refractivity contribution in [1.29, 1.82) is 0 Å². The Morgan fingerprint density at radius 2 is 1.19 bits per heavy atom. The molecule has 0 spiro atoms. The molecule has 0 saturated carbocycles. The first-order chi connectivity index (χ1) is 19.0. The summed E-state index contributed by atoms with van der Waals surface area (Å²) in [4.78, 5) is 18.1. The number of amides is 1. The molecular formula is C25H25ClF6N6O4. The van der Waals surface area contributed by atoms with Crippen LogP contribution in [-0.2, 0) is 30.2 Å². The van der Waals surface area contributed by atoms with E-state index in [1.165, 1.54) is 12.1 Å². The van der Waals surface area contributed by atoms with Gasteiger partial charge in [0.1, 0.15) is 5.60 Å². The first kappa shape index (κ1) is 34.0. The van der Waals surface area contributed by atoms with E-state index >= 15 is 0 Å². The van der Waals surface area contributed by atoms with E-state index in [-0.39, 0.29) is 30.6 Å². The largest absolute Gasteiger partial charge is 0.471 e. The van der Waals surface area contributed by atoms with Crippen molar-refractivity contribution in [1.82, 2.24) is 25.6 Å². The van der Waals surface area contributed by atoms with Gasteiger partial charge in [-0.15, -0.1) is 12.4 Å². The van der Waals surface area contributed by atoms with Crippen molar-refractivity contribution >= 4 is 18.5 Å². The molecule has 0 fully saturated rings. The van der Waals surface area contributed by atoms with Crippen LogP contribution in [0.5, 0.6) is 0 Å². The van der Waals surface area contributed by atoms with Crippen molar-refractivity contribution in [3.63, 3.8) is 0 Å². The number of ether oxygens (including phenoxy) is 1. The lowest BCUT2D eigenvalue weighted by Crippen LogP contribution is -2.32. The van der Waals surface area contributed by atoms with Gasteiger partial charge < -0.3 is 24.8 Å². The van der Waals surface area contributed by atoms with Gasteiger partial charge in [0.25, 0.3) is 0 Å². The van der Waals surface area contributed by atoms with Gasteiger partial charge in [0, 0.05) is 24.2 Å². The number of benzene rings is 2. The fourth-order valence-corrected chi connectivity index (χ4v) is 2.96. The normalized spacial score (nSPS) is 11.7. The zero-order valence-electron chi connectivity index (χ0n) is 22.2. The molecule has 4 aromatic rings. The van der Waals surface area contributed by atoms with E-state index in [0.717, 1.165) is 11.1 Å². The van der Waals surface area contributed by atoms with E-state index in [9.17, 15) is 31.1 Å². The Hall–Kier alpha value is -4.18. The number of hydrogen-bond donors (Lipinski definition) is 2. The van der Waals surface area contributed by atoms with Gasteiger partial charge in [0.05, 0.1) is 0 Å². The second-order valence-electron chi connectivity index (χ2n) is 9.30. The number of carbonyl (C=O) groups is 1. The number of nitrogens with zero attached hydrogens (tertiary/aromatic N) is 4. The van der Waals surface area contributed by atoms with Crippen LogP contribution in [0.1, 0.15) is 43.7 Å². The van der Waals surface area contributed by atoms with E-state index in [2.05, 4.69) is 34.6 Å². The molecule has 0 saturated heterocycles. The molecule has 2 aromatic heterocycles. The molecule has 2 heterocycles. The molecule has 2 aromatic carbocycles. The second-order valence-corrected chi connectivity index (χ2v) is 9.30. The number of aromatic nitrogens is 4. The first-order valence-corrected chi connectivity index (χ1v) is 11.7. The number of carbonyl (C=O) groups excluding carboxylic acids is 1. The Bertz CT molecular complexity index is 1430. The Morgan fingerprint density at radius 1 is 0.786 bits per heavy atom. The number of nitrogens with one attached hydrogen (secondary N) is 1. The standard InChI is InChI=1S/C15H16F3N3O3.C10H8F3N3O.ClH/c1-14(2,3)23-13(22)19-8-9-4-6-10(7-5-9)11-20-12(24-21-11)15(16,17)18;11-10(12,13)9-15-8(16-17-9)7-3-1-6(5-14)2-4-7;/h4-7H,8H2,1-3H3,(H,19,22);1-4H,5,14H2;1H. The van der Waals surface area contributed by atoms with E-state index in [1.54, 1.807) is 57.2 Å². The fourth-order valence-electron chi connectivity index (χ4n) is 2.96. The van der Waals surface area contributed by atoms with E-state index in [1.807, 2.05) is 0 Å². The number of halogens is 7. The van der Waals surface area contributed by atoms with Gasteiger partial charge in [-0.3, -0.25) is 0 Å². The number of nitrogens with two attached hydrogens (primary N) is 1. The third-order valence-electron chi connectivity index (χ3n) is 4.83. The highest BCUT2D eigenvalue weighted by atomic mass is 35.5. The maximum atomic E-state index is 12.4. The predicted molar refractivity (Wildman–Crippen MR) is 138 cm³/mol. The predicted octanol–water partition coefficient (Wildman–Crippen LogP) is 6.42. The minimum absolute atomic E-state index is 0. The maximum Gasteiger partial charge on any atom is 0.471 e. The summed E-state index contributed by atoms with van der Waals surface area (Å²) in [5.41, 5.74) is 7.23.